The van der Waals surface area contributed by atoms with E-state index in [1.54, 1.807) is 0 Å². The van der Waals surface area contributed by atoms with Gasteiger partial charge in [0.05, 0.1) is 0 Å². The second-order valence-corrected chi connectivity index (χ2v) is 5.01. The lowest BCUT2D eigenvalue weighted by atomic mass is 10.0. The van der Waals surface area contributed by atoms with E-state index >= 15 is 0 Å². The summed E-state index contributed by atoms with van der Waals surface area (Å²) in [5.74, 6) is -0.168. The Morgan fingerprint density at radius 3 is 1.82 bits per heavy atom. The van der Waals surface area contributed by atoms with Crippen molar-refractivity contribution in [3.63, 3.8) is 0 Å². The van der Waals surface area contributed by atoms with Crippen LogP contribution in [-0.2, 0) is 11.3 Å². The van der Waals surface area contributed by atoms with Gasteiger partial charge in [0.1, 0.15) is 5.88 Å². The molecule has 2 rings (SSSR count). The van der Waals surface area contributed by atoms with E-state index in [4.69, 9.17) is 11.6 Å². The van der Waals surface area contributed by atoms with E-state index in [0.29, 0.717) is 6.54 Å². The number of hydrogen-bond donors (Lipinski definition) is 1. The molecule has 1 N–H and O–H groups in total. The van der Waals surface area contributed by atoms with Crippen LogP contribution in [0.1, 0.15) is 5.56 Å². The van der Waals surface area contributed by atoms with Crippen LogP contribution in [0.2, 0.25) is 0 Å². The zero-order valence-electron chi connectivity index (χ0n) is 12.2. The molecule has 0 aliphatic heterocycles. The number of carbonyl (C=O) groups is 1. The lowest BCUT2D eigenvalue weighted by molar-refractivity contribution is -0.118. The van der Waals surface area contributed by atoms with Crippen molar-refractivity contribution in [2.75, 3.05) is 5.88 Å². The molecule has 0 radical (unpaired) electrons. The Morgan fingerprint density at radius 1 is 0.773 bits per heavy atom. The fourth-order valence-electron chi connectivity index (χ4n) is 1.95. The standard InChI is InChI=1S/C19H18ClNO/c20-14-19(22)21-15-16-10-12-18(13-11-16)17-8-6-4-2-1-3-5-7-9-17/h1-13H,14-15H2,(H,21,22). The molecule has 2 aromatic rings. The van der Waals surface area contributed by atoms with E-state index < -0.39 is 0 Å². The van der Waals surface area contributed by atoms with E-state index in [9.17, 15) is 4.79 Å². The monoisotopic (exact) mass is 311 g/mol. The summed E-state index contributed by atoms with van der Waals surface area (Å²) in [5.41, 5.74) is 3.31. The maximum absolute atomic E-state index is 11.1. The first-order chi connectivity index (χ1) is 10.8. The van der Waals surface area contributed by atoms with Gasteiger partial charge in [-0.25, -0.2) is 0 Å². The fraction of sp³-hybridized carbons (Fsp3) is 0.105. The van der Waals surface area contributed by atoms with Crippen molar-refractivity contribution < 1.29 is 4.79 Å². The maximum atomic E-state index is 11.1. The molecule has 0 aromatic heterocycles. The number of alkyl halides is 1. The SMILES string of the molecule is O=C(CCl)NCc1ccc(-c2ccccccccc2)cc1. The van der Waals surface area contributed by atoms with Crippen molar-refractivity contribution in [2.24, 2.45) is 0 Å². The van der Waals surface area contributed by atoms with Gasteiger partial charge in [-0.05, 0) is 16.7 Å². The Balaban J connectivity index is 2.18. The molecule has 0 saturated heterocycles. The van der Waals surface area contributed by atoms with Crippen molar-refractivity contribution in [2.45, 2.75) is 6.54 Å². The first-order valence-electron chi connectivity index (χ1n) is 7.10. The van der Waals surface area contributed by atoms with Gasteiger partial charge >= 0.3 is 0 Å². The predicted molar refractivity (Wildman–Crippen MR) is 92.1 cm³/mol. The summed E-state index contributed by atoms with van der Waals surface area (Å²) >= 11 is 5.45. The second kappa shape index (κ2) is 8.85. The Kier molecular flexibility index (Phi) is 6.46. The zero-order chi connectivity index (χ0) is 15.6. The van der Waals surface area contributed by atoms with Crippen LogP contribution in [0.15, 0.2) is 78.9 Å². The summed E-state index contributed by atoms with van der Waals surface area (Å²) in [6.45, 7) is 0.494. The highest BCUT2D eigenvalue weighted by molar-refractivity contribution is 6.27. The first kappa shape index (κ1) is 16.1. The average molecular weight is 312 g/mol. The summed E-state index contributed by atoms with van der Waals surface area (Å²) in [5, 5.41) is 2.75. The summed E-state index contributed by atoms with van der Waals surface area (Å²) in [6.07, 6.45) is 0. The molecule has 0 fully saturated rings. The van der Waals surface area contributed by atoms with E-state index in [1.807, 2.05) is 54.6 Å². The van der Waals surface area contributed by atoms with Crippen LogP contribution in [-0.4, -0.2) is 11.8 Å². The Bertz CT molecular complexity index is 641. The molecule has 22 heavy (non-hydrogen) atoms. The predicted octanol–water partition coefficient (Wildman–Crippen LogP) is 4.33. The van der Waals surface area contributed by atoms with Crippen LogP contribution in [0.5, 0.6) is 0 Å². The smallest absolute Gasteiger partial charge is 0.235 e. The van der Waals surface area contributed by atoms with Crippen LogP contribution in [0.3, 0.4) is 0 Å². The van der Waals surface area contributed by atoms with Crippen LogP contribution < -0.4 is 5.32 Å². The molecule has 2 aromatic carbocycles. The van der Waals surface area contributed by atoms with Crippen LogP contribution >= 0.6 is 11.6 Å². The molecule has 2 nitrogen and oxygen atoms in total. The van der Waals surface area contributed by atoms with Crippen molar-refractivity contribution in [1.29, 1.82) is 0 Å². The Labute approximate surface area is 136 Å². The van der Waals surface area contributed by atoms with Crippen LogP contribution in [0, 0.1) is 0 Å². The van der Waals surface area contributed by atoms with Gasteiger partial charge in [0.2, 0.25) is 5.91 Å². The molecule has 0 unspecified atom stereocenters. The lowest BCUT2D eigenvalue weighted by Crippen LogP contribution is -2.23. The summed E-state index contributed by atoms with van der Waals surface area (Å²) < 4.78 is 0. The minimum atomic E-state index is -0.159. The molecular formula is C19H18ClNO. The third kappa shape index (κ3) is 5.23. The van der Waals surface area contributed by atoms with Crippen LogP contribution in [0.25, 0.3) is 11.1 Å². The molecule has 0 aliphatic carbocycles. The zero-order valence-corrected chi connectivity index (χ0v) is 13.0. The van der Waals surface area contributed by atoms with E-state index in [1.165, 1.54) is 0 Å². The Hall–Kier alpha value is -2.32. The molecule has 0 saturated carbocycles. The number of halogens is 1. The molecule has 112 valence electrons. The number of rotatable bonds is 4. The number of hydrogen-bond acceptors (Lipinski definition) is 1. The topological polar surface area (TPSA) is 29.1 Å². The summed E-state index contributed by atoms with van der Waals surface area (Å²) in [7, 11) is 0. The van der Waals surface area contributed by atoms with Crippen molar-refractivity contribution in [3.8, 4) is 11.1 Å². The highest BCUT2D eigenvalue weighted by Gasteiger charge is 1.99. The average Bonchev–Trinajstić information content (AvgIpc) is 2.58. The number of nitrogens with one attached hydrogen (secondary N) is 1. The van der Waals surface area contributed by atoms with E-state index in [0.717, 1.165) is 16.7 Å². The van der Waals surface area contributed by atoms with Gasteiger partial charge in [0, 0.05) is 6.54 Å². The van der Waals surface area contributed by atoms with Gasteiger partial charge in [0.15, 0.2) is 0 Å². The van der Waals surface area contributed by atoms with Gasteiger partial charge in [-0.15, -0.1) is 11.6 Å². The van der Waals surface area contributed by atoms with Crippen LogP contribution in [0.4, 0.5) is 0 Å². The minimum Gasteiger partial charge on any atom is -0.351 e. The van der Waals surface area contributed by atoms with Gasteiger partial charge in [-0.2, -0.15) is 0 Å². The Morgan fingerprint density at radius 2 is 1.27 bits per heavy atom. The normalized spacial score (nSPS) is 9.68. The van der Waals surface area contributed by atoms with Crippen molar-refractivity contribution in [1.82, 2.24) is 5.32 Å². The van der Waals surface area contributed by atoms with Gasteiger partial charge < -0.3 is 5.32 Å². The quantitative estimate of drug-likeness (QED) is 0.836. The number of amides is 1. The minimum absolute atomic E-state index is 0.00986. The third-order valence-electron chi connectivity index (χ3n) is 3.12. The maximum Gasteiger partial charge on any atom is 0.235 e. The van der Waals surface area contributed by atoms with Gasteiger partial charge in [-0.1, -0.05) is 78.9 Å². The fourth-order valence-corrected chi connectivity index (χ4v) is 2.04. The number of benzene rings is 1. The summed E-state index contributed by atoms with van der Waals surface area (Å²) in [6, 6.07) is 26.3. The highest BCUT2D eigenvalue weighted by Crippen LogP contribution is 2.18. The lowest BCUT2D eigenvalue weighted by Gasteiger charge is -2.05. The molecule has 0 spiro atoms. The van der Waals surface area contributed by atoms with Gasteiger partial charge in [-0.3, -0.25) is 4.79 Å². The molecular weight excluding hydrogens is 294 g/mol. The largest absolute Gasteiger partial charge is 0.351 e. The third-order valence-corrected chi connectivity index (χ3v) is 3.36. The second-order valence-electron chi connectivity index (χ2n) is 4.74. The van der Waals surface area contributed by atoms with Gasteiger partial charge in [0.25, 0.3) is 0 Å². The molecule has 3 heteroatoms. The molecule has 0 atom stereocenters. The number of carbonyl (C=O) groups excluding carboxylic acids is 1. The van der Waals surface area contributed by atoms with Crippen molar-refractivity contribution in [3.05, 3.63) is 84.4 Å². The first-order valence-corrected chi connectivity index (χ1v) is 7.63. The molecule has 0 bridgehead atoms. The summed E-state index contributed by atoms with van der Waals surface area (Å²) in [4.78, 5) is 11.1. The van der Waals surface area contributed by atoms with E-state index in [-0.39, 0.29) is 11.8 Å². The highest BCUT2D eigenvalue weighted by atomic mass is 35.5. The van der Waals surface area contributed by atoms with E-state index in [2.05, 4.69) is 29.6 Å². The molecule has 0 heterocycles. The molecule has 1 amide bonds. The van der Waals surface area contributed by atoms with Crippen molar-refractivity contribution >= 4 is 17.5 Å². The molecule has 0 aliphatic rings.